The predicted octanol–water partition coefficient (Wildman–Crippen LogP) is 2.93. The van der Waals surface area contributed by atoms with Crippen molar-refractivity contribution in [3.8, 4) is 0 Å². The van der Waals surface area contributed by atoms with Crippen molar-refractivity contribution in [3.05, 3.63) is 29.3 Å². The summed E-state index contributed by atoms with van der Waals surface area (Å²) in [6, 6.07) is 5.59. The first kappa shape index (κ1) is 19.9. The number of carbonyl (C=O) groups excluding carboxylic acids is 1. The molecule has 0 aromatic heterocycles. The van der Waals surface area contributed by atoms with Gasteiger partial charge >= 0.3 is 0 Å². The van der Waals surface area contributed by atoms with Crippen LogP contribution in [0.25, 0.3) is 0 Å². The highest BCUT2D eigenvalue weighted by atomic mass is 32.2. The molecule has 1 heterocycles. The maximum absolute atomic E-state index is 13.0. The van der Waals surface area contributed by atoms with Gasteiger partial charge in [-0.15, -0.1) is 0 Å². The third-order valence-corrected chi connectivity index (χ3v) is 6.77. The number of benzene rings is 1. The molecular weight excluding hydrogens is 336 g/mol. The van der Waals surface area contributed by atoms with E-state index in [1.807, 2.05) is 26.0 Å². The molecule has 0 atom stereocenters. The first-order valence-corrected chi connectivity index (χ1v) is 10.4. The average molecular weight is 367 g/mol. The third-order valence-electron chi connectivity index (χ3n) is 4.71. The van der Waals surface area contributed by atoms with E-state index in [0.717, 1.165) is 17.5 Å². The first-order valence-electron chi connectivity index (χ1n) is 8.96. The molecular formula is C19H30N2O3S. The van der Waals surface area contributed by atoms with Crippen LogP contribution in [0.3, 0.4) is 0 Å². The van der Waals surface area contributed by atoms with Crippen LogP contribution in [-0.2, 0) is 20.2 Å². The van der Waals surface area contributed by atoms with Crippen molar-refractivity contribution in [1.82, 2.24) is 9.21 Å². The van der Waals surface area contributed by atoms with Gasteiger partial charge in [-0.05, 0) is 36.0 Å². The van der Waals surface area contributed by atoms with Crippen molar-refractivity contribution in [3.63, 3.8) is 0 Å². The van der Waals surface area contributed by atoms with E-state index in [4.69, 9.17) is 0 Å². The molecule has 5 nitrogen and oxygen atoms in total. The zero-order valence-electron chi connectivity index (χ0n) is 16.0. The summed E-state index contributed by atoms with van der Waals surface area (Å²) in [4.78, 5) is 14.1. The molecule has 6 heteroatoms. The fourth-order valence-corrected chi connectivity index (χ4v) is 4.72. The molecule has 140 valence electrons. The number of carbonyl (C=O) groups is 1. The number of sulfonamides is 1. The first-order chi connectivity index (χ1) is 11.6. The minimum Gasteiger partial charge on any atom is -0.340 e. The van der Waals surface area contributed by atoms with Crippen LogP contribution in [0.5, 0.6) is 0 Å². The number of aryl methyl sites for hydroxylation is 1. The highest BCUT2D eigenvalue weighted by Gasteiger charge is 2.31. The molecule has 0 saturated carbocycles. The Morgan fingerprint density at radius 3 is 2.20 bits per heavy atom. The van der Waals surface area contributed by atoms with Crippen molar-refractivity contribution in [2.75, 3.05) is 26.2 Å². The molecule has 1 aromatic rings. The Hall–Kier alpha value is -1.40. The summed E-state index contributed by atoms with van der Waals surface area (Å²) >= 11 is 0. The van der Waals surface area contributed by atoms with Crippen LogP contribution in [0.15, 0.2) is 23.1 Å². The number of amides is 1. The Bertz CT molecular complexity index is 728. The van der Waals surface area contributed by atoms with Gasteiger partial charge in [0, 0.05) is 32.6 Å². The number of rotatable bonds is 4. The van der Waals surface area contributed by atoms with Gasteiger partial charge in [0.1, 0.15) is 0 Å². The van der Waals surface area contributed by atoms with E-state index in [0.29, 0.717) is 37.5 Å². The summed E-state index contributed by atoms with van der Waals surface area (Å²) in [7, 11) is -3.52. The maximum atomic E-state index is 13.0. The number of piperazine rings is 1. The number of hydrogen-bond acceptors (Lipinski definition) is 3. The zero-order valence-corrected chi connectivity index (χ0v) is 16.8. The molecule has 1 aromatic carbocycles. The maximum Gasteiger partial charge on any atom is 0.243 e. The topological polar surface area (TPSA) is 57.7 Å². The summed E-state index contributed by atoms with van der Waals surface area (Å²) < 4.78 is 27.5. The average Bonchev–Trinajstić information content (AvgIpc) is 2.54. The van der Waals surface area contributed by atoms with Crippen molar-refractivity contribution in [2.45, 2.75) is 57.8 Å². The van der Waals surface area contributed by atoms with Crippen molar-refractivity contribution < 1.29 is 13.2 Å². The normalized spacial score (nSPS) is 16.9. The Labute approximate surface area is 152 Å². The smallest absolute Gasteiger partial charge is 0.243 e. The van der Waals surface area contributed by atoms with Gasteiger partial charge in [0.15, 0.2) is 0 Å². The van der Waals surface area contributed by atoms with Crippen molar-refractivity contribution in [1.29, 1.82) is 0 Å². The monoisotopic (exact) mass is 366 g/mol. The molecule has 25 heavy (non-hydrogen) atoms. The summed E-state index contributed by atoms with van der Waals surface area (Å²) in [6.07, 6.45) is 1.34. The van der Waals surface area contributed by atoms with Gasteiger partial charge in [-0.1, -0.05) is 39.8 Å². The fraction of sp³-hybridized carbons (Fsp3) is 0.632. The van der Waals surface area contributed by atoms with Crippen molar-refractivity contribution in [2.24, 2.45) is 0 Å². The summed E-state index contributed by atoms with van der Waals surface area (Å²) in [5, 5.41) is 0. The fourth-order valence-electron chi connectivity index (χ4n) is 3.09. The highest BCUT2D eigenvalue weighted by Crippen LogP contribution is 2.28. The lowest BCUT2D eigenvalue weighted by Crippen LogP contribution is -2.50. The van der Waals surface area contributed by atoms with E-state index in [1.54, 1.807) is 11.0 Å². The molecule has 0 spiro atoms. The lowest BCUT2D eigenvalue weighted by atomic mass is 9.86. The SMILES string of the molecule is CCCC(=O)N1CCN(S(=O)(=O)c2ccc(C(C)(C)C)cc2C)CC1. The molecule has 0 bridgehead atoms. The molecule has 0 aliphatic carbocycles. The van der Waals surface area contributed by atoms with Gasteiger partial charge in [0.05, 0.1) is 4.90 Å². The van der Waals surface area contributed by atoms with Crippen LogP contribution in [0.1, 0.15) is 51.7 Å². The standard InChI is InChI=1S/C19H30N2O3S/c1-6-7-18(22)20-10-12-21(13-11-20)25(23,24)17-9-8-16(14-15(17)2)19(3,4)5/h8-9,14H,6-7,10-13H2,1-5H3. The van der Waals surface area contributed by atoms with Crippen LogP contribution in [0, 0.1) is 6.92 Å². The van der Waals surface area contributed by atoms with Gasteiger partial charge in [-0.25, -0.2) is 8.42 Å². The van der Waals surface area contributed by atoms with Crippen LogP contribution in [-0.4, -0.2) is 49.7 Å². The molecule has 1 aliphatic rings. The van der Waals surface area contributed by atoms with Crippen LogP contribution in [0.2, 0.25) is 0 Å². The Balaban J connectivity index is 2.16. The van der Waals surface area contributed by atoms with Crippen LogP contribution in [0.4, 0.5) is 0 Å². The molecule has 0 N–H and O–H groups in total. The number of nitrogens with zero attached hydrogens (tertiary/aromatic N) is 2. The lowest BCUT2D eigenvalue weighted by Gasteiger charge is -2.34. The van der Waals surface area contributed by atoms with Crippen LogP contribution < -0.4 is 0 Å². The van der Waals surface area contributed by atoms with E-state index in [1.165, 1.54) is 4.31 Å². The van der Waals surface area contributed by atoms with Crippen molar-refractivity contribution >= 4 is 15.9 Å². The summed E-state index contributed by atoms with van der Waals surface area (Å²) in [5.41, 5.74) is 1.88. The molecule has 2 rings (SSSR count). The minimum atomic E-state index is -3.52. The molecule has 0 unspecified atom stereocenters. The predicted molar refractivity (Wildman–Crippen MR) is 100 cm³/mol. The van der Waals surface area contributed by atoms with Gasteiger partial charge in [-0.2, -0.15) is 4.31 Å². The molecule has 0 radical (unpaired) electrons. The Morgan fingerprint density at radius 2 is 1.72 bits per heavy atom. The van der Waals surface area contributed by atoms with E-state index in [-0.39, 0.29) is 11.3 Å². The van der Waals surface area contributed by atoms with E-state index >= 15 is 0 Å². The van der Waals surface area contributed by atoms with E-state index in [9.17, 15) is 13.2 Å². The van der Waals surface area contributed by atoms with Gasteiger partial charge in [-0.3, -0.25) is 4.79 Å². The summed E-state index contributed by atoms with van der Waals surface area (Å²) in [5.74, 6) is 0.116. The summed E-state index contributed by atoms with van der Waals surface area (Å²) in [6.45, 7) is 11.8. The largest absolute Gasteiger partial charge is 0.340 e. The van der Waals surface area contributed by atoms with Gasteiger partial charge in [0.25, 0.3) is 0 Å². The number of hydrogen-bond donors (Lipinski definition) is 0. The molecule has 1 aliphatic heterocycles. The van der Waals surface area contributed by atoms with Crippen LogP contribution >= 0.6 is 0 Å². The lowest BCUT2D eigenvalue weighted by molar-refractivity contribution is -0.132. The van der Waals surface area contributed by atoms with Gasteiger partial charge in [0.2, 0.25) is 15.9 Å². The second-order valence-corrected chi connectivity index (χ2v) is 9.67. The highest BCUT2D eigenvalue weighted by molar-refractivity contribution is 7.89. The van der Waals surface area contributed by atoms with Gasteiger partial charge < -0.3 is 4.90 Å². The second-order valence-electron chi connectivity index (χ2n) is 7.77. The quantitative estimate of drug-likeness (QED) is 0.823. The van der Waals surface area contributed by atoms with E-state index in [2.05, 4.69) is 20.8 Å². The molecule has 1 saturated heterocycles. The van der Waals surface area contributed by atoms with E-state index < -0.39 is 10.0 Å². The molecule has 1 amide bonds. The zero-order chi connectivity index (χ0) is 18.8. The molecule has 1 fully saturated rings. The Morgan fingerprint density at radius 1 is 1.12 bits per heavy atom. The second kappa shape index (κ2) is 7.46. The minimum absolute atomic E-state index is 0.0156. The Kier molecular flexibility index (Phi) is 5.94. The third kappa shape index (κ3) is 4.42.